The molecular formula is C15H13NO4. The van der Waals surface area contributed by atoms with Gasteiger partial charge >= 0.3 is 5.97 Å². The summed E-state index contributed by atoms with van der Waals surface area (Å²) in [5.74, 6) is 1.06. The lowest BCUT2D eigenvalue weighted by Gasteiger charge is -2.16. The average Bonchev–Trinajstić information content (AvgIpc) is 2.90. The molecule has 1 aliphatic rings. The Labute approximate surface area is 115 Å². The van der Waals surface area contributed by atoms with Gasteiger partial charge in [0.25, 0.3) is 0 Å². The second kappa shape index (κ2) is 5.21. The summed E-state index contributed by atoms with van der Waals surface area (Å²) in [5.41, 5.74) is 1.96. The van der Waals surface area contributed by atoms with E-state index in [1.807, 2.05) is 24.3 Å². The van der Waals surface area contributed by atoms with Crippen LogP contribution in [0.1, 0.15) is 17.0 Å². The molecule has 1 aromatic carbocycles. The predicted molar refractivity (Wildman–Crippen MR) is 71.0 cm³/mol. The molecule has 0 spiro atoms. The third kappa shape index (κ3) is 2.56. The van der Waals surface area contributed by atoms with Gasteiger partial charge in [-0.25, -0.2) is 4.79 Å². The van der Waals surface area contributed by atoms with Gasteiger partial charge in [0.1, 0.15) is 30.4 Å². The van der Waals surface area contributed by atoms with E-state index < -0.39 is 5.97 Å². The van der Waals surface area contributed by atoms with E-state index in [1.165, 1.54) is 0 Å². The van der Waals surface area contributed by atoms with Crippen molar-refractivity contribution < 1.29 is 18.8 Å². The van der Waals surface area contributed by atoms with Crippen molar-refractivity contribution in [3.63, 3.8) is 0 Å². The highest BCUT2D eigenvalue weighted by Gasteiger charge is 2.18. The number of esters is 1. The molecule has 1 aliphatic heterocycles. The summed E-state index contributed by atoms with van der Waals surface area (Å²) < 4.78 is 15.6. The molecule has 0 saturated carbocycles. The molecule has 0 unspecified atom stereocenters. The van der Waals surface area contributed by atoms with Gasteiger partial charge < -0.3 is 14.0 Å². The van der Waals surface area contributed by atoms with E-state index in [2.05, 4.69) is 5.16 Å². The van der Waals surface area contributed by atoms with E-state index in [0.717, 1.165) is 11.3 Å². The Morgan fingerprint density at radius 1 is 1.40 bits per heavy atom. The summed E-state index contributed by atoms with van der Waals surface area (Å²) in [6, 6.07) is 9.28. The van der Waals surface area contributed by atoms with Crippen LogP contribution < -0.4 is 4.74 Å². The lowest BCUT2D eigenvalue weighted by atomic mass is 10.1. The predicted octanol–water partition coefficient (Wildman–Crippen LogP) is 2.50. The van der Waals surface area contributed by atoms with Crippen molar-refractivity contribution in [2.24, 2.45) is 0 Å². The zero-order valence-electron chi connectivity index (χ0n) is 11.0. The highest BCUT2D eigenvalue weighted by atomic mass is 16.5. The van der Waals surface area contributed by atoms with Crippen LogP contribution in [0.25, 0.3) is 6.08 Å². The Morgan fingerprint density at radius 3 is 3.05 bits per heavy atom. The topological polar surface area (TPSA) is 61.6 Å². The minimum absolute atomic E-state index is 0.0924. The maximum absolute atomic E-state index is 12.0. The molecule has 1 aromatic heterocycles. The summed E-state index contributed by atoms with van der Waals surface area (Å²) in [7, 11) is 0. The number of hydrogen-bond donors (Lipinski definition) is 0. The van der Waals surface area contributed by atoms with E-state index >= 15 is 0 Å². The number of fused-ring (bicyclic) bond motifs is 1. The normalized spacial score (nSPS) is 13.2. The number of hydrogen-bond acceptors (Lipinski definition) is 5. The lowest BCUT2D eigenvalue weighted by molar-refractivity contribution is -0.140. The molecule has 5 nitrogen and oxygen atoms in total. The van der Waals surface area contributed by atoms with Crippen molar-refractivity contribution in [1.29, 1.82) is 0 Å². The van der Waals surface area contributed by atoms with Crippen LogP contribution in [0.4, 0.5) is 0 Å². The number of benzene rings is 1. The summed E-state index contributed by atoms with van der Waals surface area (Å²) in [4.78, 5) is 12.0. The first-order chi connectivity index (χ1) is 9.72. The number of nitrogens with zero attached hydrogens (tertiary/aromatic N) is 1. The molecule has 3 rings (SSSR count). The van der Waals surface area contributed by atoms with Gasteiger partial charge in [0.05, 0.1) is 5.57 Å². The summed E-state index contributed by atoms with van der Waals surface area (Å²) in [6.45, 7) is 2.09. The fraction of sp³-hybridized carbons (Fsp3) is 0.200. The third-order valence-electron chi connectivity index (χ3n) is 2.92. The van der Waals surface area contributed by atoms with Crippen LogP contribution in [-0.2, 0) is 16.1 Å². The molecule has 0 atom stereocenters. The number of aryl methyl sites for hydroxylation is 1. The molecular weight excluding hydrogens is 258 g/mol. The molecule has 0 amide bonds. The van der Waals surface area contributed by atoms with Crippen LogP contribution in [0, 0.1) is 6.92 Å². The van der Waals surface area contributed by atoms with Crippen molar-refractivity contribution in [3.05, 3.63) is 52.9 Å². The molecule has 0 bridgehead atoms. The summed E-state index contributed by atoms with van der Waals surface area (Å²) in [6.07, 6.45) is 1.79. The number of rotatable bonds is 3. The number of carbonyl (C=O) groups is 1. The Morgan fingerprint density at radius 2 is 2.25 bits per heavy atom. The van der Waals surface area contributed by atoms with Gasteiger partial charge in [-0.2, -0.15) is 0 Å². The number of aromatic nitrogens is 1. The molecule has 2 aromatic rings. The van der Waals surface area contributed by atoms with Crippen LogP contribution in [0.5, 0.6) is 5.75 Å². The lowest BCUT2D eigenvalue weighted by Crippen LogP contribution is -2.17. The van der Waals surface area contributed by atoms with Gasteiger partial charge in [-0.05, 0) is 19.1 Å². The Balaban J connectivity index is 1.68. The molecule has 102 valence electrons. The zero-order valence-corrected chi connectivity index (χ0v) is 11.0. The molecule has 0 saturated heterocycles. The van der Waals surface area contributed by atoms with Crippen molar-refractivity contribution in [1.82, 2.24) is 5.16 Å². The first-order valence-corrected chi connectivity index (χ1v) is 6.24. The molecule has 0 radical (unpaired) electrons. The van der Waals surface area contributed by atoms with E-state index in [0.29, 0.717) is 17.0 Å². The maximum Gasteiger partial charge on any atom is 0.337 e. The standard InChI is InChI=1S/C15H13NO4/c1-10-6-13(16-20-10)9-19-15(17)12-7-11-4-2-3-5-14(11)18-8-12/h2-7H,8-9H2,1H3. The number of ether oxygens (including phenoxy) is 2. The van der Waals surface area contributed by atoms with Crippen molar-refractivity contribution in [3.8, 4) is 5.75 Å². The van der Waals surface area contributed by atoms with Gasteiger partial charge in [0, 0.05) is 11.6 Å². The van der Waals surface area contributed by atoms with Crippen LogP contribution in [0.3, 0.4) is 0 Å². The first-order valence-electron chi connectivity index (χ1n) is 6.24. The third-order valence-corrected chi connectivity index (χ3v) is 2.92. The Bertz CT molecular complexity index is 672. The van der Waals surface area contributed by atoms with Gasteiger partial charge in [-0.15, -0.1) is 0 Å². The smallest absolute Gasteiger partial charge is 0.337 e. The molecule has 0 aliphatic carbocycles. The number of carbonyl (C=O) groups excluding carboxylic acids is 1. The quantitative estimate of drug-likeness (QED) is 0.803. The van der Waals surface area contributed by atoms with Crippen LogP contribution in [-0.4, -0.2) is 17.7 Å². The van der Waals surface area contributed by atoms with Gasteiger partial charge in [0.15, 0.2) is 0 Å². The van der Waals surface area contributed by atoms with Crippen molar-refractivity contribution in [2.45, 2.75) is 13.5 Å². The van der Waals surface area contributed by atoms with Crippen LogP contribution >= 0.6 is 0 Å². The van der Waals surface area contributed by atoms with E-state index in [9.17, 15) is 4.79 Å². The largest absolute Gasteiger partial charge is 0.488 e. The summed E-state index contributed by atoms with van der Waals surface area (Å²) >= 11 is 0. The molecule has 20 heavy (non-hydrogen) atoms. The van der Waals surface area contributed by atoms with Crippen molar-refractivity contribution in [2.75, 3.05) is 6.61 Å². The number of para-hydroxylation sites is 1. The maximum atomic E-state index is 12.0. The Kier molecular flexibility index (Phi) is 3.25. The van der Waals surface area contributed by atoms with Gasteiger partial charge in [0.2, 0.25) is 0 Å². The van der Waals surface area contributed by atoms with Crippen LogP contribution in [0.2, 0.25) is 0 Å². The fourth-order valence-electron chi connectivity index (χ4n) is 1.95. The fourth-order valence-corrected chi connectivity index (χ4v) is 1.95. The Hall–Kier alpha value is -2.56. The molecule has 2 heterocycles. The SMILES string of the molecule is Cc1cc(COC(=O)C2=Cc3ccccc3OC2)no1. The van der Waals surface area contributed by atoms with Gasteiger partial charge in [-0.3, -0.25) is 0 Å². The highest BCUT2D eigenvalue weighted by molar-refractivity contribution is 5.95. The molecule has 0 fully saturated rings. The average molecular weight is 271 g/mol. The van der Waals surface area contributed by atoms with E-state index in [-0.39, 0.29) is 13.2 Å². The second-order valence-electron chi connectivity index (χ2n) is 4.50. The second-order valence-corrected chi connectivity index (χ2v) is 4.50. The minimum Gasteiger partial charge on any atom is -0.488 e. The monoisotopic (exact) mass is 271 g/mol. The molecule has 0 N–H and O–H groups in total. The zero-order chi connectivity index (χ0) is 13.9. The van der Waals surface area contributed by atoms with Crippen LogP contribution in [0.15, 0.2) is 40.4 Å². The van der Waals surface area contributed by atoms with E-state index in [1.54, 1.807) is 19.1 Å². The van der Waals surface area contributed by atoms with E-state index in [4.69, 9.17) is 14.0 Å². The summed E-state index contributed by atoms with van der Waals surface area (Å²) in [5, 5.41) is 3.77. The first kappa shape index (κ1) is 12.5. The van der Waals surface area contributed by atoms with Gasteiger partial charge in [-0.1, -0.05) is 23.4 Å². The minimum atomic E-state index is -0.403. The molecule has 5 heteroatoms. The highest BCUT2D eigenvalue weighted by Crippen LogP contribution is 2.26. The van der Waals surface area contributed by atoms with Crippen molar-refractivity contribution >= 4 is 12.0 Å².